The van der Waals surface area contributed by atoms with Gasteiger partial charge in [-0.1, -0.05) is 23.7 Å². The highest BCUT2D eigenvalue weighted by Crippen LogP contribution is 2.26. The lowest BCUT2D eigenvalue weighted by Crippen LogP contribution is -2.26. The van der Waals surface area contributed by atoms with E-state index in [1.807, 2.05) is 12.1 Å². The van der Waals surface area contributed by atoms with E-state index in [9.17, 15) is 13.6 Å². The van der Waals surface area contributed by atoms with Crippen molar-refractivity contribution in [1.29, 1.82) is 0 Å². The van der Waals surface area contributed by atoms with E-state index >= 15 is 0 Å². The quantitative estimate of drug-likeness (QED) is 0.682. The Balaban J connectivity index is 1.91. The Bertz CT molecular complexity index is 954. The minimum absolute atomic E-state index is 0.0789. The van der Waals surface area contributed by atoms with Gasteiger partial charge >= 0.3 is 0 Å². The Hall–Kier alpha value is -2.73. The Kier molecular flexibility index (Phi) is 5.04. The molecule has 26 heavy (non-hydrogen) atoms. The Labute approximate surface area is 154 Å². The summed E-state index contributed by atoms with van der Waals surface area (Å²) in [6.45, 7) is 0.357. The van der Waals surface area contributed by atoms with E-state index in [0.29, 0.717) is 11.6 Å². The van der Waals surface area contributed by atoms with Crippen LogP contribution in [-0.2, 0) is 13.6 Å². The fourth-order valence-corrected chi connectivity index (χ4v) is 2.79. The second-order valence-corrected chi connectivity index (χ2v) is 6.41. The van der Waals surface area contributed by atoms with Gasteiger partial charge in [-0.15, -0.1) is 0 Å². The number of rotatable bonds is 4. The van der Waals surface area contributed by atoms with Gasteiger partial charge in [0.25, 0.3) is 5.91 Å². The van der Waals surface area contributed by atoms with Crippen LogP contribution < -0.4 is 0 Å². The molecule has 0 unspecified atom stereocenters. The monoisotopic (exact) mass is 375 g/mol. The molecule has 0 spiro atoms. The first-order chi connectivity index (χ1) is 12.3. The van der Waals surface area contributed by atoms with Gasteiger partial charge in [0.1, 0.15) is 17.3 Å². The highest BCUT2D eigenvalue weighted by Gasteiger charge is 2.22. The van der Waals surface area contributed by atoms with Crippen LogP contribution in [0.2, 0.25) is 5.02 Å². The maximum atomic E-state index is 14.1. The molecule has 1 amide bonds. The fourth-order valence-electron chi connectivity index (χ4n) is 2.67. The van der Waals surface area contributed by atoms with Crippen molar-refractivity contribution in [2.24, 2.45) is 7.05 Å². The molecule has 1 heterocycles. The van der Waals surface area contributed by atoms with Gasteiger partial charge in [0.05, 0.1) is 5.56 Å². The summed E-state index contributed by atoms with van der Waals surface area (Å²) in [4.78, 5) is 14.4. The van der Waals surface area contributed by atoms with Crippen LogP contribution in [0.1, 0.15) is 15.9 Å². The van der Waals surface area contributed by atoms with Gasteiger partial charge in [0, 0.05) is 43.5 Å². The van der Waals surface area contributed by atoms with E-state index in [0.717, 1.165) is 17.7 Å². The fraction of sp³-hybridized carbons (Fsp3) is 0.158. The van der Waals surface area contributed by atoms with Gasteiger partial charge < -0.3 is 4.90 Å². The van der Waals surface area contributed by atoms with Crippen LogP contribution in [0, 0.1) is 11.6 Å². The minimum Gasteiger partial charge on any atom is -0.337 e. The second-order valence-electron chi connectivity index (χ2n) is 5.98. The van der Waals surface area contributed by atoms with Crippen molar-refractivity contribution in [1.82, 2.24) is 14.7 Å². The van der Waals surface area contributed by atoms with Crippen molar-refractivity contribution >= 4 is 17.5 Å². The molecule has 0 atom stereocenters. The van der Waals surface area contributed by atoms with Crippen molar-refractivity contribution in [3.05, 3.63) is 76.4 Å². The number of carbonyl (C=O) groups excluding carboxylic acids is 1. The molecule has 3 rings (SSSR count). The molecular formula is C19H16ClF2N3O. The molecule has 0 saturated carbocycles. The maximum Gasteiger partial charge on any atom is 0.257 e. The number of hydrogen-bond acceptors (Lipinski definition) is 2. The largest absolute Gasteiger partial charge is 0.337 e. The first-order valence-corrected chi connectivity index (χ1v) is 8.22. The van der Waals surface area contributed by atoms with Gasteiger partial charge in [-0.05, 0) is 29.8 Å². The summed E-state index contributed by atoms with van der Waals surface area (Å²) in [5.41, 5.74) is 1.41. The first kappa shape index (κ1) is 18.1. The number of halogens is 3. The number of hydrogen-bond donors (Lipinski definition) is 0. The molecule has 0 aliphatic rings. The topological polar surface area (TPSA) is 38.1 Å². The van der Waals surface area contributed by atoms with Gasteiger partial charge in [0.2, 0.25) is 0 Å². The number of nitrogens with zero attached hydrogens (tertiary/aromatic N) is 3. The summed E-state index contributed by atoms with van der Waals surface area (Å²) in [5.74, 6) is -1.76. The lowest BCUT2D eigenvalue weighted by molar-refractivity contribution is 0.0785. The smallest absolute Gasteiger partial charge is 0.257 e. The summed E-state index contributed by atoms with van der Waals surface area (Å²) in [5, 5.41) is 4.80. The van der Waals surface area contributed by atoms with Crippen molar-refractivity contribution in [2.75, 3.05) is 7.05 Å². The van der Waals surface area contributed by atoms with E-state index in [4.69, 9.17) is 11.6 Å². The molecule has 0 N–H and O–H groups in total. The molecule has 0 fully saturated rings. The molecule has 134 valence electrons. The van der Waals surface area contributed by atoms with Crippen LogP contribution in [0.15, 0.2) is 48.7 Å². The van der Waals surface area contributed by atoms with Crippen molar-refractivity contribution in [2.45, 2.75) is 6.54 Å². The van der Waals surface area contributed by atoms with E-state index in [1.165, 1.54) is 21.8 Å². The maximum absolute atomic E-state index is 14.1. The lowest BCUT2D eigenvalue weighted by atomic mass is 10.1. The zero-order valence-electron chi connectivity index (χ0n) is 14.2. The Morgan fingerprint density at radius 3 is 2.54 bits per heavy atom. The van der Waals surface area contributed by atoms with Crippen LogP contribution in [0.25, 0.3) is 11.3 Å². The van der Waals surface area contributed by atoms with Crippen LogP contribution in [0.5, 0.6) is 0 Å². The second kappa shape index (κ2) is 7.25. The Morgan fingerprint density at radius 2 is 1.88 bits per heavy atom. The number of aromatic nitrogens is 2. The standard InChI is InChI=1S/C19H16ClF2N3O/c1-24(10-12-3-5-13(20)6-4-12)19(26)16-11-25(2)23-18(16)15-8-7-14(21)9-17(15)22/h3-9,11H,10H2,1-2H3. The molecule has 3 aromatic rings. The predicted octanol–water partition coefficient (Wildman–Crippen LogP) is 4.29. The molecule has 7 heteroatoms. The van der Waals surface area contributed by atoms with Crippen molar-refractivity contribution < 1.29 is 13.6 Å². The predicted molar refractivity (Wildman–Crippen MR) is 95.8 cm³/mol. The van der Waals surface area contributed by atoms with Crippen LogP contribution >= 0.6 is 11.6 Å². The summed E-state index contributed by atoms with van der Waals surface area (Å²) < 4.78 is 28.8. The Morgan fingerprint density at radius 1 is 1.19 bits per heavy atom. The summed E-state index contributed by atoms with van der Waals surface area (Å²) in [6.07, 6.45) is 1.53. The van der Waals surface area contributed by atoms with Crippen LogP contribution in [0.4, 0.5) is 8.78 Å². The molecule has 0 aliphatic heterocycles. The zero-order chi connectivity index (χ0) is 18.8. The van der Waals surface area contributed by atoms with E-state index in [-0.39, 0.29) is 22.7 Å². The molecule has 4 nitrogen and oxygen atoms in total. The van der Waals surface area contributed by atoms with Gasteiger partial charge in [0.15, 0.2) is 0 Å². The third-order valence-corrected chi connectivity index (χ3v) is 4.18. The number of amides is 1. The first-order valence-electron chi connectivity index (χ1n) is 7.84. The summed E-state index contributed by atoms with van der Waals surface area (Å²) in [6, 6.07) is 10.3. The molecule has 2 aromatic carbocycles. The van der Waals surface area contributed by atoms with Gasteiger partial charge in [-0.3, -0.25) is 9.48 Å². The third kappa shape index (κ3) is 3.75. The van der Waals surface area contributed by atoms with Crippen molar-refractivity contribution in [3.63, 3.8) is 0 Å². The van der Waals surface area contributed by atoms with E-state index in [1.54, 1.807) is 26.2 Å². The number of benzene rings is 2. The zero-order valence-corrected chi connectivity index (χ0v) is 15.0. The molecular weight excluding hydrogens is 360 g/mol. The van der Waals surface area contributed by atoms with Gasteiger partial charge in [-0.25, -0.2) is 8.78 Å². The summed E-state index contributed by atoms with van der Waals surface area (Å²) in [7, 11) is 3.29. The number of carbonyl (C=O) groups is 1. The third-order valence-electron chi connectivity index (χ3n) is 3.93. The lowest BCUT2D eigenvalue weighted by Gasteiger charge is -2.17. The average molecular weight is 376 g/mol. The minimum atomic E-state index is -0.766. The number of aryl methyl sites for hydroxylation is 1. The molecule has 0 radical (unpaired) electrons. The summed E-state index contributed by atoms with van der Waals surface area (Å²) >= 11 is 5.87. The van der Waals surface area contributed by atoms with Crippen LogP contribution in [0.3, 0.4) is 0 Å². The van der Waals surface area contributed by atoms with Crippen LogP contribution in [-0.4, -0.2) is 27.6 Å². The SMILES string of the molecule is CN(Cc1ccc(Cl)cc1)C(=O)c1cn(C)nc1-c1ccc(F)cc1F. The molecule has 0 aliphatic carbocycles. The molecule has 0 saturated heterocycles. The molecule has 1 aromatic heterocycles. The highest BCUT2D eigenvalue weighted by atomic mass is 35.5. The van der Waals surface area contributed by atoms with E-state index < -0.39 is 11.6 Å². The average Bonchev–Trinajstić information content (AvgIpc) is 2.97. The van der Waals surface area contributed by atoms with Gasteiger partial charge in [-0.2, -0.15) is 5.10 Å². The van der Waals surface area contributed by atoms with E-state index in [2.05, 4.69) is 5.10 Å². The highest BCUT2D eigenvalue weighted by molar-refractivity contribution is 6.30. The van der Waals surface area contributed by atoms with Crippen molar-refractivity contribution in [3.8, 4) is 11.3 Å². The normalized spacial score (nSPS) is 10.8. The molecule has 0 bridgehead atoms.